The molecule has 0 bridgehead atoms. The van der Waals surface area contributed by atoms with E-state index in [0.29, 0.717) is 10.0 Å². The molecule has 1 aromatic rings. The van der Waals surface area contributed by atoms with Gasteiger partial charge in [-0.05, 0) is 11.4 Å². The van der Waals surface area contributed by atoms with Gasteiger partial charge in [0.25, 0.3) is 10.2 Å². The van der Waals surface area contributed by atoms with Gasteiger partial charge in [-0.15, -0.1) is 11.3 Å². The molecule has 0 aliphatic carbocycles. The second-order valence-corrected chi connectivity index (χ2v) is 4.85. The fraction of sp³-hybridized carbons (Fsp3) is 0.200. The molecule has 1 aromatic heterocycles. The summed E-state index contributed by atoms with van der Waals surface area (Å²) in [5, 5.41) is 2.53. The van der Waals surface area contributed by atoms with Gasteiger partial charge in [-0.1, -0.05) is 11.6 Å². The van der Waals surface area contributed by atoms with E-state index in [1.165, 1.54) is 18.4 Å². The van der Waals surface area contributed by atoms with Gasteiger partial charge in [0, 0.05) is 7.05 Å². The number of rotatable bonds is 3. The number of halogens is 1. The molecule has 2 N–H and O–H groups in total. The zero-order valence-corrected chi connectivity index (χ0v) is 8.55. The third-order valence-corrected chi connectivity index (χ3v) is 3.51. The lowest BCUT2D eigenvalue weighted by Crippen LogP contribution is -2.25. The van der Waals surface area contributed by atoms with Crippen LogP contribution in [0.25, 0.3) is 0 Å². The number of hydrogen-bond donors (Lipinski definition) is 2. The highest BCUT2D eigenvalue weighted by molar-refractivity contribution is 7.91. The second kappa shape index (κ2) is 3.61. The van der Waals surface area contributed by atoms with E-state index in [9.17, 15) is 8.42 Å². The molecule has 12 heavy (non-hydrogen) atoms. The van der Waals surface area contributed by atoms with Gasteiger partial charge in [-0.2, -0.15) is 8.42 Å². The van der Waals surface area contributed by atoms with Crippen LogP contribution in [0.4, 0.5) is 5.00 Å². The monoisotopic (exact) mass is 226 g/mol. The Hall–Kier alpha value is -0.300. The van der Waals surface area contributed by atoms with Gasteiger partial charge in [-0.25, -0.2) is 4.72 Å². The van der Waals surface area contributed by atoms with Crippen molar-refractivity contribution in [2.75, 3.05) is 11.8 Å². The lowest BCUT2D eigenvalue weighted by molar-refractivity contribution is 0.594. The number of anilines is 1. The topological polar surface area (TPSA) is 58.2 Å². The van der Waals surface area contributed by atoms with Crippen LogP contribution in [0.3, 0.4) is 0 Å². The van der Waals surface area contributed by atoms with Gasteiger partial charge in [-0.3, -0.25) is 4.72 Å². The van der Waals surface area contributed by atoms with Crippen molar-refractivity contribution in [3.05, 3.63) is 16.5 Å². The molecule has 0 spiro atoms. The van der Waals surface area contributed by atoms with Crippen LogP contribution in [0.1, 0.15) is 0 Å². The third-order valence-electron chi connectivity index (χ3n) is 1.11. The van der Waals surface area contributed by atoms with E-state index in [2.05, 4.69) is 9.44 Å². The molecule has 0 aliphatic heterocycles. The van der Waals surface area contributed by atoms with Crippen LogP contribution in [-0.4, -0.2) is 15.5 Å². The Kier molecular flexibility index (Phi) is 2.94. The smallest absolute Gasteiger partial charge is 0.260 e. The average molecular weight is 227 g/mol. The Bertz CT molecular complexity index is 359. The fourth-order valence-corrected chi connectivity index (χ4v) is 2.41. The van der Waals surface area contributed by atoms with Gasteiger partial charge in [0.15, 0.2) is 0 Å². The highest BCUT2D eigenvalue weighted by atomic mass is 35.5. The molecule has 0 amide bonds. The zero-order valence-electron chi connectivity index (χ0n) is 6.17. The van der Waals surface area contributed by atoms with Crippen LogP contribution in [0.2, 0.25) is 5.02 Å². The average Bonchev–Trinajstić information content (AvgIpc) is 2.36. The van der Waals surface area contributed by atoms with Crippen molar-refractivity contribution in [3.8, 4) is 0 Å². The van der Waals surface area contributed by atoms with E-state index in [1.54, 1.807) is 11.4 Å². The summed E-state index contributed by atoms with van der Waals surface area (Å²) in [6.07, 6.45) is 0. The Morgan fingerprint density at radius 2 is 2.25 bits per heavy atom. The van der Waals surface area contributed by atoms with Crippen molar-refractivity contribution in [1.82, 2.24) is 4.72 Å². The molecule has 4 nitrogen and oxygen atoms in total. The largest absolute Gasteiger partial charge is 0.299 e. The molecule has 0 saturated heterocycles. The lowest BCUT2D eigenvalue weighted by Gasteiger charge is -2.03. The molecule has 0 atom stereocenters. The van der Waals surface area contributed by atoms with E-state index in [-0.39, 0.29) is 0 Å². The predicted octanol–water partition coefficient (Wildman–Crippen LogP) is 1.28. The van der Waals surface area contributed by atoms with Crippen molar-refractivity contribution >= 4 is 38.1 Å². The number of hydrogen-bond acceptors (Lipinski definition) is 3. The Morgan fingerprint density at radius 3 is 2.67 bits per heavy atom. The van der Waals surface area contributed by atoms with Crippen LogP contribution < -0.4 is 9.44 Å². The molecule has 1 heterocycles. The maximum atomic E-state index is 10.9. The summed E-state index contributed by atoms with van der Waals surface area (Å²) < 4.78 is 26.3. The maximum absolute atomic E-state index is 10.9. The van der Waals surface area contributed by atoms with Crippen LogP contribution in [0.5, 0.6) is 0 Å². The summed E-state index contributed by atoms with van der Waals surface area (Å²) in [6, 6.07) is 1.62. The molecular formula is C5H7ClN2O2S2. The van der Waals surface area contributed by atoms with Crippen LogP contribution in [-0.2, 0) is 10.2 Å². The Balaban J connectivity index is 2.84. The molecule has 0 saturated carbocycles. The van der Waals surface area contributed by atoms with Crippen LogP contribution in [0.15, 0.2) is 11.4 Å². The minimum atomic E-state index is -3.44. The molecular weight excluding hydrogens is 220 g/mol. The minimum absolute atomic E-state index is 0.402. The molecule has 0 radical (unpaired) electrons. The molecule has 0 aromatic carbocycles. The minimum Gasteiger partial charge on any atom is -0.260 e. The van der Waals surface area contributed by atoms with Crippen LogP contribution >= 0.6 is 22.9 Å². The summed E-state index contributed by atoms with van der Waals surface area (Å²) in [4.78, 5) is 0. The van der Waals surface area contributed by atoms with Gasteiger partial charge in [0.05, 0.1) is 5.02 Å². The standard InChI is InChI=1S/C5H7ClN2O2S2/c1-7-12(9,10)8-5-4(6)2-3-11-5/h2-3,7-8H,1H3. The molecule has 1 rings (SSSR count). The molecule has 0 fully saturated rings. The summed E-state index contributed by atoms with van der Waals surface area (Å²) in [6.45, 7) is 0. The lowest BCUT2D eigenvalue weighted by atomic mass is 10.6. The van der Waals surface area contributed by atoms with Crippen molar-refractivity contribution in [2.24, 2.45) is 0 Å². The van der Waals surface area contributed by atoms with Crippen molar-refractivity contribution in [2.45, 2.75) is 0 Å². The van der Waals surface area contributed by atoms with Gasteiger partial charge in [0.2, 0.25) is 0 Å². The first-order chi connectivity index (χ1) is 5.55. The van der Waals surface area contributed by atoms with E-state index in [0.717, 1.165) is 0 Å². The zero-order chi connectivity index (χ0) is 9.19. The molecule has 0 aliphatic rings. The van der Waals surface area contributed by atoms with E-state index in [1.807, 2.05) is 0 Å². The number of thiophene rings is 1. The third kappa shape index (κ3) is 2.34. The van der Waals surface area contributed by atoms with E-state index in [4.69, 9.17) is 11.6 Å². The fourth-order valence-electron chi connectivity index (χ4n) is 0.540. The SMILES string of the molecule is CNS(=O)(=O)Nc1sccc1Cl. The summed E-state index contributed by atoms with van der Waals surface area (Å²) in [7, 11) is -2.12. The van der Waals surface area contributed by atoms with Crippen molar-refractivity contribution in [1.29, 1.82) is 0 Å². The predicted molar refractivity (Wildman–Crippen MR) is 50.9 cm³/mol. The molecule has 7 heteroatoms. The summed E-state index contributed by atoms with van der Waals surface area (Å²) in [5.41, 5.74) is 0. The molecule has 0 unspecified atom stereocenters. The molecule has 68 valence electrons. The normalized spacial score (nSPS) is 11.5. The highest BCUT2D eigenvalue weighted by Gasteiger charge is 2.09. The van der Waals surface area contributed by atoms with Crippen molar-refractivity contribution in [3.63, 3.8) is 0 Å². The quantitative estimate of drug-likeness (QED) is 0.816. The second-order valence-electron chi connectivity index (χ2n) is 1.91. The van der Waals surface area contributed by atoms with Crippen LogP contribution in [0, 0.1) is 0 Å². The van der Waals surface area contributed by atoms with E-state index >= 15 is 0 Å². The summed E-state index contributed by atoms with van der Waals surface area (Å²) in [5.74, 6) is 0. The first-order valence-electron chi connectivity index (χ1n) is 2.99. The van der Waals surface area contributed by atoms with Gasteiger partial charge < -0.3 is 0 Å². The van der Waals surface area contributed by atoms with E-state index < -0.39 is 10.2 Å². The Labute approximate surface area is 79.7 Å². The highest BCUT2D eigenvalue weighted by Crippen LogP contribution is 2.28. The van der Waals surface area contributed by atoms with Crippen molar-refractivity contribution < 1.29 is 8.42 Å². The van der Waals surface area contributed by atoms with Gasteiger partial charge >= 0.3 is 0 Å². The number of nitrogens with one attached hydrogen (secondary N) is 2. The van der Waals surface area contributed by atoms with Gasteiger partial charge in [0.1, 0.15) is 5.00 Å². The first kappa shape index (κ1) is 9.79. The Morgan fingerprint density at radius 1 is 1.58 bits per heavy atom. The summed E-state index contributed by atoms with van der Waals surface area (Å²) >= 11 is 6.89. The maximum Gasteiger partial charge on any atom is 0.299 e. The first-order valence-corrected chi connectivity index (χ1v) is 5.73.